The third-order valence-corrected chi connectivity index (χ3v) is 2.17. The zero-order valence-electron chi connectivity index (χ0n) is 7.64. The van der Waals surface area contributed by atoms with Gasteiger partial charge in [0.05, 0.1) is 5.56 Å². The van der Waals surface area contributed by atoms with Gasteiger partial charge in [0.1, 0.15) is 6.10 Å². The van der Waals surface area contributed by atoms with Gasteiger partial charge in [-0.15, -0.1) is 0 Å². The monoisotopic (exact) mass is 193 g/mol. The van der Waals surface area contributed by atoms with E-state index >= 15 is 0 Å². The zero-order chi connectivity index (χ0) is 9.97. The van der Waals surface area contributed by atoms with Crippen LogP contribution in [0.5, 0.6) is 0 Å². The highest BCUT2D eigenvalue weighted by Gasteiger charge is 2.20. The van der Waals surface area contributed by atoms with Crippen molar-refractivity contribution in [2.24, 2.45) is 5.73 Å². The molecule has 1 fully saturated rings. The minimum Gasteiger partial charge on any atom is -0.370 e. The molecule has 0 saturated carbocycles. The first-order valence-corrected chi connectivity index (χ1v) is 4.51. The number of aromatic nitrogens is 2. The fourth-order valence-corrected chi connectivity index (χ4v) is 1.41. The molecule has 2 rings (SSSR count). The van der Waals surface area contributed by atoms with E-state index in [1.54, 1.807) is 0 Å². The fraction of sp³-hybridized carbons (Fsp3) is 0.444. The van der Waals surface area contributed by atoms with E-state index in [4.69, 9.17) is 10.5 Å². The summed E-state index contributed by atoms with van der Waals surface area (Å²) >= 11 is 0. The predicted molar refractivity (Wildman–Crippen MR) is 48.5 cm³/mol. The van der Waals surface area contributed by atoms with Crippen LogP contribution < -0.4 is 5.73 Å². The van der Waals surface area contributed by atoms with Crippen LogP contribution in [0.2, 0.25) is 0 Å². The van der Waals surface area contributed by atoms with E-state index in [9.17, 15) is 4.79 Å². The minimum absolute atomic E-state index is 0.0167. The number of ether oxygens (including phenoxy) is 1. The van der Waals surface area contributed by atoms with Crippen molar-refractivity contribution < 1.29 is 9.53 Å². The average molecular weight is 193 g/mol. The minimum atomic E-state index is -0.510. The summed E-state index contributed by atoms with van der Waals surface area (Å²) < 4.78 is 5.40. The number of nitrogens with two attached hydrogens (primary N) is 1. The molecule has 0 aliphatic carbocycles. The van der Waals surface area contributed by atoms with Crippen molar-refractivity contribution in [2.45, 2.75) is 18.9 Å². The Labute approximate surface area is 81.3 Å². The van der Waals surface area contributed by atoms with E-state index in [1.165, 1.54) is 12.4 Å². The van der Waals surface area contributed by atoms with Gasteiger partial charge in [-0.1, -0.05) is 0 Å². The highest BCUT2D eigenvalue weighted by Crippen LogP contribution is 2.25. The molecule has 74 valence electrons. The summed E-state index contributed by atoms with van der Waals surface area (Å²) in [5, 5.41) is 0. The molecule has 0 aromatic carbocycles. The van der Waals surface area contributed by atoms with Crippen LogP contribution in [0.25, 0.3) is 0 Å². The summed E-state index contributed by atoms with van der Waals surface area (Å²) in [4.78, 5) is 18.8. The van der Waals surface area contributed by atoms with Crippen molar-refractivity contribution in [1.29, 1.82) is 0 Å². The van der Waals surface area contributed by atoms with Gasteiger partial charge >= 0.3 is 0 Å². The van der Waals surface area contributed by atoms with E-state index in [0.29, 0.717) is 11.4 Å². The van der Waals surface area contributed by atoms with Gasteiger partial charge < -0.3 is 10.5 Å². The predicted octanol–water partition coefficient (Wildman–Crippen LogP) is 0.427. The molecule has 1 atom stereocenters. The molecule has 1 saturated heterocycles. The molecule has 5 heteroatoms. The molecule has 1 aliphatic heterocycles. The van der Waals surface area contributed by atoms with Crippen LogP contribution in [0.1, 0.15) is 35.1 Å². The molecule has 5 nitrogen and oxygen atoms in total. The lowest BCUT2D eigenvalue weighted by atomic mass is 10.2. The first-order valence-electron chi connectivity index (χ1n) is 4.51. The Bertz CT molecular complexity index is 330. The second-order valence-corrected chi connectivity index (χ2v) is 3.20. The van der Waals surface area contributed by atoms with Gasteiger partial charge in [0.2, 0.25) is 0 Å². The maximum Gasteiger partial charge on any atom is 0.251 e. The molecule has 2 heterocycles. The second kappa shape index (κ2) is 3.71. The summed E-state index contributed by atoms with van der Waals surface area (Å²) in [7, 11) is 0. The Hall–Kier alpha value is -1.49. The van der Waals surface area contributed by atoms with Crippen LogP contribution in [0.4, 0.5) is 0 Å². The smallest absolute Gasteiger partial charge is 0.251 e. The topological polar surface area (TPSA) is 78.1 Å². The van der Waals surface area contributed by atoms with Crippen molar-refractivity contribution in [3.63, 3.8) is 0 Å². The summed E-state index contributed by atoms with van der Waals surface area (Å²) in [6.07, 6.45) is 4.83. The number of amides is 1. The first kappa shape index (κ1) is 9.08. The van der Waals surface area contributed by atoms with Crippen molar-refractivity contribution in [3.8, 4) is 0 Å². The van der Waals surface area contributed by atoms with Gasteiger partial charge in [0, 0.05) is 19.0 Å². The lowest BCUT2D eigenvalue weighted by Gasteiger charge is -2.06. The second-order valence-electron chi connectivity index (χ2n) is 3.20. The standard InChI is InChI=1S/C9H11N3O2/c10-8(13)6-4-11-9(12-5-6)7-2-1-3-14-7/h4-5,7H,1-3H2,(H2,10,13). The highest BCUT2D eigenvalue weighted by molar-refractivity contribution is 5.92. The van der Waals surface area contributed by atoms with Crippen molar-refractivity contribution in [1.82, 2.24) is 9.97 Å². The SMILES string of the molecule is NC(=O)c1cnc(C2CCCO2)nc1. The summed E-state index contributed by atoms with van der Waals surface area (Å²) in [6.45, 7) is 0.756. The number of carbonyl (C=O) groups is 1. The highest BCUT2D eigenvalue weighted by atomic mass is 16.5. The number of rotatable bonds is 2. The number of nitrogens with zero attached hydrogens (tertiary/aromatic N) is 2. The average Bonchev–Trinajstić information content (AvgIpc) is 2.71. The fourth-order valence-electron chi connectivity index (χ4n) is 1.41. The van der Waals surface area contributed by atoms with Crippen LogP contribution in [0, 0.1) is 0 Å². The molecule has 14 heavy (non-hydrogen) atoms. The maximum atomic E-state index is 10.7. The van der Waals surface area contributed by atoms with Crippen molar-refractivity contribution in [2.75, 3.05) is 6.61 Å². The van der Waals surface area contributed by atoms with Crippen LogP contribution in [-0.4, -0.2) is 22.5 Å². The molecule has 0 bridgehead atoms. The number of primary amides is 1. The van der Waals surface area contributed by atoms with Gasteiger partial charge in [0.25, 0.3) is 5.91 Å². The maximum absolute atomic E-state index is 10.7. The Kier molecular flexibility index (Phi) is 2.41. The zero-order valence-corrected chi connectivity index (χ0v) is 7.64. The van der Waals surface area contributed by atoms with Gasteiger partial charge in [-0.2, -0.15) is 0 Å². The molecule has 1 amide bonds. The normalized spacial score (nSPS) is 21.0. The van der Waals surface area contributed by atoms with Crippen LogP contribution in [0.3, 0.4) is 0 Å². The number of hydrogen-bond acceptors (Lipinski definition) is 4. The van der Waals surface area contributed by atoms with Crippen LogP contribution in [-0.2, 0) is 4.74 Å². The van der Waals surface area contributed by atoms with Crippen molar-refractivity contribution in [3.05, 3.63) is 23.8 Å². The van der Waals surface area contributed by atoms with E-state index < -0.39 is 5.91 Å². The van der Waals surface area contributed by atoms with Crippen LogP contribution >= 0.6 is 0 Å². The Morgan fingerprint density at radius 2 is 2.21 bits per heavy atom. The van der Waals surface area contributed by atoms with Gasteiger partial charge in [-0.25, -0.2) is 9.97 Å². The van der Waals surface area contributed by atoms with Crippen molar-refractivity contribution >= 4 is 5.91 Å². The lowest BCUT2D eigenvalue weighted by Crippen LogP contribution is -2.13. The van der Waals surface area contributed by atoms with Crippen LogP contribution in [0.15, 0.2) is 12.4 Å². The van der Waals surface area contributed by atoms with E-state index in [2.05, 4.69) is 9.97 Å². The first-order chi connectivity index (χ1) is 6.77. The summed E-state index contributed by atoms with van der Waals surface area (Å²) in [5.74, 6) is 0.122. The number of carbonyl (C=O) groups excluding carboxylic acids is 1. The quantitative estimate of drug-likeness (QED) is 0.738. The molecule has 1 aromatic rings. The molecule has 0 radical (unpaired) electrons. The molecule has 1 unspecified atom stereocenters. The van der Waals surface area contributed by atoms with E-state index in [1.807, 2.05) is 0 Å². The number of hydrogen-bond donors (Lipinski definition) is 1. The van der Waals surface area contributed by atoms with E-state index in [-0.39, 0.29) is 6.10 Å². The largest absolute Gasteiger partial charge is 0.370 e. The lowest BCUT2D eigenvalue weighted by molar-refractivity contribution is 0.0992. The van der Waals surface area contributed by atoms with Gasteiger partial charge in [0.15, 0.2) is 5.82 Å². The molecule has 2 N–H and O–H groups in total. The molecule has 0 spiro atoms. The molecule has 1 aromatic heterocycles. The van der Waals surface area contributed by atoms with Gasteiger partial charge in [-0.3, -0.25) is 4.79 Å². The third kappa shape index (κ3) is 1.72. The Morgan fingerprint density at radius 1 is 1.50 bits per heavy atom. The Morgan fingerprint density at radius 3 is 2.71 bits per heavy atom. The van der Waals surface area contributed by atoms with E-state index in [0.717, 1.165) is 19.4 Å². The van der Waals surface area contributed by atoms with Gasteiger partial charge in [-0.05, 0) is 12.8 Å². The third-order valence-electron chi connectivity index (χ3n) is 2.17. The Balaban J connectivity index is 2.16. The molecular formula is C9H11N3O2. The molecule has 1 aliphatic rings. The summed E-state index contributed by atoms with van der Waals surface area (Å²) in [5.41, 5.74) is 5.39. The molecular weight excluding hydrogens is 182 g/mol. The summed E-state index contributed by atoms with van der Waals surface area (Å²) in [6, 6.07) is 0.